The van der Waals surface area contributed by atoms with E-state index in [9.17, 15) is 4.79 Å². The molecule has 2 aromatic rings. The first-order chi connectivity index (χ1) is 9.72. The van der Waals surface area contributed by atoms with Gasteiger partial charge in [0.15, 0.2) is 0 Å². The highest BCUT2D eigenvalue weighted by Gasteiger charge is 2.28. The first-order valence-corrected chi connectivity index (χ1v) is 7.51. The Balaban J connectivity index is 1.61. The van der Waals surface area contributed by atoms with Crippen LogP contribution in [0.2, 0.25) is 0 Å². The number of carbonyl (C=O) groups is 1. The van der Waals surface area contributed by atoms with Gasteiger partial charge in [0.25, 0.3) is 5.91 Å². The molecule has 0 aliphatic carbocycles. The standard InChI is InChI=1S/C15H16N2O2S/c1-11-8-14(20-10-11)15(18)17-7-4-13(9-17)19-12-2-5-16-6-3-12/h2-3,5-6,8,10,13H,4,7,9H2,1H3. The van der Waals surface area contributed by atoms with Crippen LogP contribution in [0.3, 0.4) is 0 Å². The lowest BCUT2D eigenvalue weighted by molar-refractivity contribution is 0.0777. The molecule has 0 bridgehead atoms. The maximum atomic E-state index is 12.3. The second kappa shape index (κ2) is 5.63. The number of likely N-dealkylation sites (tertiary alicyclic amines) is 1. The summed E-state index contributed by atoms with van der Waals surface area (Å²) in [7, 11) is 0. The maximum absolute atomic E-state index is 12.3. The first kappa shape index (κ1) is 13.1. The minimum atomic E-state index is 0.0717. The minimum Gasteiger partial charge on any atom is -0.488 e. The van der Waals surface area contributed by atoms with Crippen molar-refractivity contribution in [2.24, 2.45) is 0 Å². The van der Waals surface area contributed by atoms with E-state index in [1.807, 2.05) is 35.4 Å². The molecular formula is C15H16N2O2S. The number of hydrogen-bond donors (Lipinski definition) is 0. The van der Waals surface area contributed by atoms with Crippen molar-refractivity contribution in [3.05, 3.63) is 46.4 Å². The highest BCUT2D eigenvalue weighted by molar-refractivity contribution is 7.12. The Labute approximate surface area is 122 Å². The van der Waals surface area contributed by atoms with Crippen LogP contribution in [0.1, 0.15) is 21.7 Å². The Morgan fingerprint density at radius 2 is 2.25 bits per heavy atom. The SMILES string of the molecule is Cc1csc(C(=O)N2CCC(Oc3ccncc3)C2)c1. The van der Waals surface area contributed by atoms with Crippen LogP contribution < -0.4 is 4.74 Å². The third-order valence-electron chi connectivity index (χ3n) is 3.33. The summed E-state index contributed by atoms with van der Waals surface area (Å²) in [6.45, 7) is 3.41. The zero-order valence-corrected chi connectivity index (χ0v) is 12.1. The largest absolute Gasteiger partial charge is 0.488 e. The number of hydrogen-bond acceptors (Lipinski definition) is 4. The molecule has 104 valence electrons. The number of amides is 1. The number of nitrogens with zero attached hydrogens (tertiary/aromatic N) is 2. The molecular weight excluding hydrogens is 272 g/mol. The Hall–Kier alpha value is -1.88. The quantitative estimate of drug-likeness (QED) is 0.872. The molecule has 0 radical (unpaired) electrons. The highest BCUT2D eigenvalue weighted by Crippen LogP contribution is 2.22. The number of aryl methyl sites for hydroxylation is 1. The predicted molar refractivity (Wildman–Crippen MR) is 78.2 cm³/mol. The van der Waals surface area contributed by atoms with E-state index >= 15 is 0 Å². The molecule has 5 heteroatoms. The molecule has 2 aromatic heterocycles. The van der Waals surface area contributed by atoms with E-state index in [1.54, 1.807) is 12.4 Å². The summed E-state index contributed by atoms with van der Waals surface area (Å²) in [6.07, 6.45) is 4.37. The van der Waals surface area contributed by atoms with Crippen LogP contribution in [0.15, 0.2) is 36.0 Å². The molecule has 1 unspecified atom stereocenters. The molecule has 1 aliphatic rings. The number of carbonyl (C=O) groups excluding carboxylic acids is 1. The normalized spacial score (nSPS) is 18.2. The number of thiophene rings is 1. The first-order valence-electron chi connectivity index (χ1n) is 6.63. The van der Waals surface area contributed by atoms with Gasteiger partial charge in [-0.3, -0.25) is 9.78 Å². The Morgan fingerprint density at radius 1 is 1.45 bits per heavy atom. The Morgan fingerprint density at radius 3 is 2.95 bits per heavy atom. The van der Waals surface area contributed by atoms with E-state index in [0.29, 0.717) is 6.54 Å². The summed E-state index contributed by atoms with van der Waals surface area (Å²) in [5.41, 5.74) is 1.14. The van der Waals surface area contributed by atoms with E-state index in [-0.39, 0.29) is 12.0 Å². The van der Waals surface area contributed by atoms with Crippen LogP contribution in [0.5, 0.6) is 5.75 Å². The van der Waals surface area contributed by atoms with E-state index < -0.39 is 0 Å². The molecule has 1 amide bonds. The summed E-state index contributed by atoms with van der Waals surface area (Å²) in [4.78, 5) is 19.0. The number of ether oxygens (including phenoxy) is 1. The molecule has 1 atom stereocenters. The van der Waals surface area contributed by atoms with Gasteiger partial charge in [0.2, 0.25) is 0 Å². The lowest BCUT2D eigenvalue weighted by atomic mass is 10.3. The highest BCUT2D eigenvalue weighted by atomic mass is 32.1. The summed E-state index contributed by atoms with van der Waals surface area (Å²) >= 11 is 1.51. The van der Waals surface area contributed by atoms with Crippen LogP contribution >= 0.6 is 11.3 Å². The average molecular weight is 288 g/mol. The molecule has 0 N–H and O–H groups in total. The Bertz CT molecular complexity index is 597. The van der Waals surface area contributed by atoms with Crippen molar-refractivity contribution in [1.29, 1.82) is 0 Å². The van der Waals surface area contributed by atoms with E-state index in [4.69, 9.17) is 4.74 Å². The summed E-state index contributed by atoms with van der Waals surface area (Å²) < 4.78 is 5.87. The third kappa shape index (κ3) is 2.82. The van der Waals surface area contributed by atoms with Crippen molar-refractivity contribution in [1.82, 2.24) is 9.88 Å². The van der Waals surface area contributed by atoms with Crippen LogP contribution in [-0.2, 0) is 0 Å². The van der Waals surface area contributed by atoms with Gasteiger partial charge in [-0.1, -0.05) is 0 Å². The molecule has 0 aromatic carbocycles. The maximum Gasteiger partial charge on any atom is 0.264 e. The van der Waals surface area contributed by atoms with Crippen molar-refractivity contribution in [2.45, 2.75) is 19.4 Å². The van der Waals surface area contributed by atoms with Crippen LogP contribution in [0.4, 0.5) is 0 Å². The predicted octanol–water partition coefficient (Wildman–Crippen LogP) is 2.75. The third-order valence-corrected chi connectivity index (χ3v) is 4.36. The second-order valence-electron chi connectivity index (χ2n) is 4.95. The van der Waals surface area contributed by atoms with Crippen molar-refractivity contribution in [3.8, 4) is 5.75 Å². The van der Waals surface area contributed by atoms with Gasteiger partial charge < -0.3 is 9.64 Å². The molecule has 0 saturated carbocycles. The molecule has 1 fully saturated rings. The zero-order chi connectivity index (χ0) is 13.9. The zero-order valence-electron chi connectivity index (χ0n) is 11.3. The topological polar surface area (TPSA) is 42.4 Å². The fourth-order valence-corrected chi connectivity index (χ4v) is 3.18. The number of aromatic nitrogens is 1. The Kier molecular flexibility index (Phi) is 3.69. The lowest BCUT2D eigenvalue weighted by Crippen LogP contribution is -2.30. The molecule has 3 rings (SSSR count). The van der Waals surface area contributed by atoms with Gasteiger partial charge in [-0.05, 0) is 36.1 Å². The van der Waals surface area contributed by atoms with Gasteiger partial charge in [-0.25, -0.2) is 0 Å². The summed E-state index contributed by atoms with van der Waals surface area (Å²) in [5, 5.41) is 2.01. The van der Waals surface area contributed by atoms with Crippen LogP contribution in [-0.4, -0.2) is 35.0 Å². The fraction of sp³-hybridized carbons (Fsp3) is 0.333. The van der Waals surface area contributed by atoms with Crippen molar-refractivity contribution >= 4 is 17.2 Å². The minimum absolute atomic E-state index is 0.0717. The van der Waals surface area contributed by atoms with Gasteiger partial charge >= 0.3 is 0 Å². The van der Waals surface area contributed by atoms with Crippen molar-refractivity contribution < 1.29 is 9.53 Å². The molecule has 3 heterocycles. The summed E-state index contributed by atoms with van der Waals surface area (Å²) in [6, 6.07) is 5.63. The second-order valence-corrected chi connectivity index (χ2v) is 5.86. The van der Waals surface area contributed by atoms with Crippen LogP contribution in [0.25, 0.3) is 0 Å². The lowest BCUT2D eigenvalue weighted by Gasteiger charge is -2.16. The van der Waals surface area contributed by atoms with Gasteiger partial charge in [0.1, 0.15) is 11.9 Å². The smallest absolute Gasteiger partial charge is 0.264 e. The van der Waals surface area contributed by atoms with Gasteiger partial charge in [0, 0.05) is 25.4 Å². The monoisotopic (exact) mass is 288 g/mol. The van der Waals surface area contributed by atoms with E-state index in [1.165, 1.54) is 11.3 Å². The van der Waals surface area contributed by atoms with Crippen molar-refractivity contribution in [2.75, 3.05) is 13.1 Å². The number of rotatable bonds is 3. The van der Waals surface area contributed by atoms with Gasteiger partial charge in [-0.2, -0.15) is 0 Å². The average Bonchev–Trinajstić information content (AvgIpc) is 3.08. The van der Waals surface area contributed by atoms with E-state index in [0.717, 1.165) is 29.2 Å². The van der Waals surface area contributed by atoms with Gasteiger partial charge in [-0.15, -0.1) is 11.3 Å². The molecule has 1 saturated heterocycles. The van der Waals surface area contributed by atoms with Gasteiger partial charge in [0.05, 0.1) is 11.4 Å². The van der Waals surface area contributed by atoms with E-state index in [2.05, 4.69) is 4.98 Å². The molecule has 20 heavy (non-hydrogen) atoms. The van der Waals surface area contributed by atoms with Crippen molar-refractivity contribution in [3.63, 3.8) is 0 Å². The summed E-state index contributed by atoms with van der Waals surface area (Å²) in [5.74, 6) is 0.926. The molecule has 0 spiro atoms. The molecule has 1 aliphatic heterocycles. The van der Waals surface area contributed by atoms with Crippen LogP contribution in [0, 0.1) is 6.92 Å². The number of pyridine rings is 1. The molecule has 4 nitrogen and oxygen atoms in total. The fourth-order valence-electron chi connectivity index (χ4n) is 2.32.